The molecule has 1 fully saturated rings. The monoisotopic (exact) mass is 259 g/mol. The molecule has 0 aromatic heterocycles. The summed E-state index contributed by atoms with van der Waals surface area (Å²) in [6.07, 6.45) is 2.60. The van der Waals surface area contributed by atoms with Gasteiger partial charge in [-0.2, -0.15) is 0 Å². The summed E-state index contributed by atoms with van der Waals surface area (Å²) in [5, 5.41) is 3.60. The second-order valence-corrected chi connectivity index (χ2v) is 5.47. The standard InChI is InChI=1S/C14H29NO3/c1-5-18-13-11-12(14(13,2)3)15-7-6-8-17-10-9-16-4/h12-13,15H,5-11H2,1-4H3. The number of rotatable bonds is 10. The first-order chi connectivity index (χ1) is 8.62. The van der Waals surface area contributed by atoms with E-state index in [9.17, 15) is 0 Å². The molecule has 0 amide bonds. The van der Waals surface area contributed by atoms with Crippen molar-refractivity contribution in [2.75, 3.05) is 40.1 Å². The van der Waals surface area contributed by atoms with Crippen LogP contribution in [0, 0.1) is 5.41 Å². The van der Waals surface area contributed by atoms with Gasteiger partial charge in [0.05, 0.1) is 19.3 Å². The summed E-state index contributed by atoms with van der Waals surface area (Å²) in [6, 6.07) is 0.577. The second-order valence-electron chi connectivity index (χ2n) is 5.47. The molecule has 0 bridgehead atoms. The van der Waals surface area contributed by atoms with Crippen LogP contribution in [-0.4, -0.2) is 52.2 Å². The molecule has 0 heterocycles. The molecule has 4 nitrogen and oxygen atoms in total. The molecular weight excluding hydrogens is 230 g/mol. The van der Waals surface area contributed by atoms with Crippen molar-refractivity contribution in [3.63, 3.8) is 0 Å². The van der Waals surface area contributed by atoms with E-state index in [1.54, 1.807) is 7.11 Å². The molecule has 18 heavy (non-hydrogen) atoms. The van der Waals surface area contributed by atoms with Crippen LogP contribution < -0.4 is 5.32 Å². The summed E-state index contributed by atoms with van der Waals surface area (Å²) in [4.78, 5) is 0. The fourth-order valence-corrected chi connectivity index (χ4v) is 2.41. The molecule has 108 valence electrons. The summed E-state index contributed by atoms with van der Waals surface area (Å²) in [5.74, 6) is 0. The van der Waals surface area contributed by atoms with Gasteiger partial charge in [0.1, 0.15) is 0 Å². The zero-order chi connectivity index (χ0) is 13.4. The largest absolute Gasteiger partial charge is 0.382 e. The molecule has 0 radical (unpaired) electrons. The molecule has 1 aliphatic carbocycles. The van der Waals surface area contributed by atoms with E-state index in [4.69, 9.17) is 14.2 Å². The Labute approximate surface area is 111 Å². The van der Waals surface area contributed by atoms with Crippen molar-refractivity contribution in [2.45, 2.75) is 45.8 Å². The van der Waals surface area contributed by atoms with E-state index in [1.807, 2.05) is 0 Å². The van der Waals surface area contributed by atoms with Gasteiger partial charge in [-0.1, -0.05) is 13.8 Å². The Kier molecular flexibility index (Phi) is 7.15. The summed E-state index contributed by atoms with van der Waals surface area (Å²) in [6.45, 7) is 10.6. The van der Waals surface area contributed by atoms with Gasteiger partial charge in [0.15, 0.2) is 0 Å². The normalized spacial score (nSPS) is 26.0. The highest BCUT2D eigenvalue weighted by Gasteiger charge is 2.48. The van der Waals surface area contributed by atoms with E-state index >= 15 is 0 Å². The first-order valence-corrected chi connectivity index (χ1v) is 7.04. The average Bonchev–Trinajstić information content (AvgIpc) is 2.35. The summed E-state index contributed by atoms with van der Waals surface area (Å²) >= 11 is 0. The van der Waals surface area contributed by atoms with Gasteiger partial charge in [0.25, 0.3) is 0 Å². The molecular formula is C14H29NO3. The fraction of sp³-hybridized carbons (Fsp3) is 1.00. The molecule has 2 atom stereocenters. The van der Waals surface area contributed by atoms with Crippen LogP contribution in [0.2, 0.25) is 0 Å². The van der Waals surface area contributed by atoms with Crippen LogP contribution in [0.3, 0.4) is 0 Å². The maximum absolute atomic E-state index is 5.72. The lowest BCUT2D eigenvalue weighted by Crippen LogP contribution is -2.61. The van der Waals surface area contributed by atoms with Crippen LogP contribution in [0.25, 0.3) is 0 Å². The van der Waals surface area contributed by atoms with Crippen LogP contribution in [0.4, 0.5) is 0 Å². The maximum Gasteiger partial charge on any atom is 0.0700 e. The van der Waals surface area contributed by atoms with Crippen molar-refractivity contribution in [1.29, 1.82) is 0 Å². The molecule has 0 aromatic carbocycles. The van der Waals surface area contributed by atoms with Gasteiger partial charge in [-0.3, -0.25) is 0 Å². The van der Waals surface area contributed by atoms with Crippen molar-refractivity contribution >= 4 is 0 Å². The smallest absolute Gasteiger partial charge is 0.0700 e. The molecule has 1 saturated carbocycles. The van der Waals surface area contributed by atoms with E-state index in [0.29, 0.717) is 25.4 Å². The number of hydrogen-bond acceptors (Lipinski definition) is 4. The highest BCUT2D eigenvalue weighted by molar-refractivity contribution is 5.02. The SMILES string of the molecule is CCOC1CC(NCCCOCCOC)C1(C)C. The van der Waals surface area contributed by atoms with Crippen LogP contribution >= 0.6 is 0 Å². The topological polar surface area (TPSA) is 39.7 Å². The summed E-state index contributed by atoms with van der Waals surface area (Å²) in [7, 11) is 1.69. The number of methoxy groups -OCH3 is 1. The highest BCUT2D eigenvalue weighted by atomic mass is 16.5. The Morgan fingerprint density at radius 3 is 2.61 bits per heavy atom. The zero-order valence-electron chi connectivity index (χ0n) is 12.3. The Morgan fingerprint density at radius 1 is 1.22 bits per heavy atom. The van der Waals surface area contributed by atoms with E-state index in [-0.39, 0.29) is 5.41 Å². The summed E-state index contributed by atoms with van der Waals surface area (Å²) in [5.41, 5.74) is 0.257. The zero-order valence-corrected chi connectivity index (χ0v) is 12.3. The first-order valence-electron chi connectivity index (χ1n) is 7.04. The molecule has 1 aliphatic rings. The number of ether oxygens (including phenoxy) is 3. The minimum atomic E-state index is 0.257. The Balaban J connectivity index is 2.00. The molecule has 0 aromatic rings. The third-order valence-corrected chi connectivity index (χ3v) is 3.83. The van der Waals surface area contributed by atoms with Crippen molar-refractivity contribution in [1.82, 2.24) is 5.32 Å². The van der Waals surface area contributed by atoms with Crippen molar-refractivity contribution in [2.24, 2.45) is 5.41 Å². The quantitative estimate of drug-likeness (QED) is 0.608. The molecule has 1 N–H and O–H groups in total. The highest BCUT2D eigenvalue weighted by Crippen LogP contribution is 2.42. The number of nitrogens with one attached hydrogen (secondary N) is 1. The third kappa shape index (κ3) is 4.50. The van der Waals surface area contributed by atoms with Crippen LogP contribution in [0.15, 0.2) is 0 Å². The molecule has 4 heteroatoms. The second kappa shape index (κ2) is 8.10. The van der Waals surface area contributed by atoms with E-state index in [2.05, 4.69) is 26.1 Å². The number of hydrogen-bond donors (Lipinski definition) is 1. The molecule has 2 unspecified atom stereocenters. The molecule has 0 saturated heterocycles. The predicted octanol–water partition coefficient (Wildman–Crippen LogP) is 1.83. The van der Waals surface area contributed by atoms with E-state index in [0.717, 1.165) is 32.6 Å². The van der Waals surface area contributed by atoms with Crippen LogP contribution in [0.1, 0.15) is 33.6 Å². The molecule has 1 rings (SSSR count). The van der Waals surface area contributed by atoms with Gasteiger partial charge in [-0.15, -0.1) is 0 Å². The average molecular weight is 259 g/mol. The molecule has 0 aliphatic heterocycles. The molecule has 0 spiro atoms. The lowest BCUT2D eigenvalue weighted by Gasteiger charge is -2.52. The minimum Gasteiger partial charge on any atom is -0.382 e. The van der Waals surface area contributed by atoms with Gasteiger partial charge in [-0.25, -0.2) is 0 Å². The van der Waals surface area contributed by atoms with Crippen LogP contribution in [0.5, 0.6) is 0 Å². The maximum atomic E-state index is 5.72. The van der Waals surface area contributed by atoms with E-state index in [1.165, 1.54) is 0 Å². The van der Waals surface area contributed by atoms with E-state index < -0.39 is 0 Å². The van der Waals surface area contributed by atoms with Crippen molar-refractivity contribution in [3.05, 3.63) is 0 Å². The van der Waals surface area contributed by atoms with Crippen molar-refractivity contribution < 1.29 is 14.2 Å². The lowest BCUT2D eigenvalue weighted by atomic mass is 9.64. The Bertz CT molecular complexity index is 221. The van der Waals surface area contributed by atoms with Gasteiger partial charge in [-0.05, 0) is 26.3 Å². The lowest BCUT2D eigenvalue weighted by molar-refractivity contribution is -0.114. The van der Waals surface area contributed by atoms with Crippen LogP contribution in [-0.2, 0) is 14.2 Å². The van der Waals surface area contributed by atoms with Gasteiger partial charge in [0, 0.05) is 31.8 Å². The first kappa shape index (κ1) is 15.9. The Morgan fingerprint density at radius 2 is 2.00 bits per heavy atom. The van der Waals surface area contributed by atoms with Gasteiger partial charge in [0.2, 0.25) is 0 Å². The Hall–Kier alpha value is -0.160. The third-order valence-electron chi connectivity index (χ3n) is 3.83. The van der Waals surface area contributed by atoms with Gasteiger partial charge >= 0.3 is 0 Å². The minimum absolute atomic E-state index is 0.257. The predicted molar refractivity (Wildman–Crippen MR) is 72.9 cm³/mol. The fourth-order valence-electron chi connectivity index (χ4n) is 2.41. The van der Waals surface area contributed by atoms with Gasteiger partial charge < -0.3 is 19.5 Å². The van der Waals surface area contributed by atoms with Crippen molar-refractivity contribution in [3.8, 4) is 0 Å². The summed E-state index contributed by atoms with van der Waals surface area (Å²) < 4.78 is 16.1.